The molecule has 1 aromatic rings. The molecule has 5 nitrogen and oxygen atoms in total. The molecular weight excluding hydrogens is 292 g/mol. The lowest BCUT2D eigenvalue weighted by Gasteiger charge is -2.48. The van der Waals surface area contributed by atoms with Crippen LogP contribution >= 0.6 is 0 Å². The van der Waals surface area contributed by atoms with Gasteiger partial charge in [-0.1, -0.05) is 17.7 Å². The van der Waals surface area contributed by atoms with Crippen molar-refractivity contribution in [1.29, 1.82) is 0 Å². The lowest BCUT2D eigenvalue weighted by molar-refractivity contribution is -0.141. The first-order chi connectivity index (χ1) is 11.0. The van der Waals surface area contributed by atoms with E-state index in [1.165, 1.54) is 6.42 Å². The Balaban J connectivity index is 1.66. The molecule has 0 aromatic heterocycles. The second-order valence-corrected chi connectivity index (χ2v) is 6.72. The number of benzene rings is 1. The number of methoxy groups -OCH3 is 1. The minimum atomic E-state index is -0.0995. The minimum absolute atomic E-state index is 0.0179. The third-order valence-corrected chi connectivity index (χ3v) is 4.99. The topological polar surface area (TPSA) is 50.8 Å². The van der Waals surface area contributed by atoms with Gasteiger partial charge in [-0.15, -0.1) is 0 Å². The Morgan fingerprint density at radius 2 is 2.22 bits per heavy atom. The standard InChI is InChI=1S/C18H26N2O3/c1-13-5-6-16(22-3)15(11-13)14(2)19-17(21)20-9-10-23-18(12-20)7-4-8-18/h5-6,11,14H,4,7-10,12H2,1-3H3,(H,19,21)/t14-/m0/s1. The van der Waals surface area contributed by atoms with Gasteiger partial charge in [0.2, 0.25) is 0 Å². The number of amides is 2. The SMILES string of the molecule is COc1ccc(C)cc1[C@H](C)NC(=O)N1CCOC2(CCC2)C1. The number of morpholine rings is 1. The number of carbonyl (C=O) groups excluding carboxylic acids is 1. The second-order valence-electron chi connectivity index (χ2n) is 6.72. The van der Waals surface area contributed by atoms with Crippen LogP contribution in [0.5, 0.6) is 5.75 Å². The molecule has 0 bridgehead atoms. The van der Waals surface area contributed by atoms with Crippen LogP contribution in [0, 0.1) is 6.92 Å². The Labute approximate surface area is 137 Å². The predicted molar refractivity (Wildman–Crippen MR) is 88.8 cm³/mol. The molecule has 23 heavy (non-hydrogen) atoms. The molecule has 1 spiro atoms. The van der Waals surface area contributed by atoms with Crippen molar-refractivity contribution >= 4 is 6.03 Å². The number of aryl methyl sites for hydroxylation is 1. The van der Waals surface area contributed by atoms with Gasteiger partial charge in [0.1, 0.15) is 5.75 Å². The van der Waals surface area contributed by atoms with Crippen LogP contribution in [0.25, 0.3) is 0 Å². The highest BCUT2D eigenvalue weighted by atomic mass is 16.5. The van der Waals surface area contributed by atoms with Gasteiger partial charge in [0.25, 0.3) is 0 Å². The first-order valence-electron chi connectivity index (χ1n) is 8.37. The van der Waals surface area contributed by atoms with Gasteiger partial charge in [-0.05, 0) is 39.2 Å². The summed E-state index contributed by atoms with van der Waals surface area (Å²) in [6, 6.07) is 5.91. The van der Waals surface area contributed by atoms with Crippen molar-refractivity contribution < 1.29 is 14.3 Å². The van der Waals surface area contributed by atoms with Gasteiger partial charge in [0.15, 0.2) is 0 Å². The summed E-state index contributed by atoms with van der Waals surface area (Å²) in [5.41, 5.74) is 2.09. The largest absolute Gasteiger partial charge is 0.496 e. The molecule has 2 amide bonds. The highest BCUT2D eigenvalue weighted by molar-refractivity contribution is 5.75. The van der Waals surface area contributed by atoms with E-state index in [0.29, 0.717) is 19.7 Å². The Kier molecular flexibility index (Phi) is 4.48. The molecule has 2 aliphatic rings. The normalized spacial score (nSPS) is 20.7. The minimum Gasteiger partial charge on any atom is -0.496 e. The zero-order valence-corrected chi connectivity index (χ0v) is 14.2. The van der Waals surface area contributed by atoms with Gasteiger partial charge in [0.05, 0.1) is 31.9 Å². The maximum atomic E-state index is 12.6. The van der Waals surface area contributed by atoms with Gasteiger partial charge >= 0.3 is 6.03 Å². The molecular formula is C18H26N2O3. The molecule has 126 valence electrons. The second kappa shape index (κ2) is 6.40. The fraction of sp³-hybridized carbons (Fsp3) is 0.611. The van der Waals surface area contributed by atoms with E-state index in [4.69, 9.17) is 9.47 Å². The number of hydrogen-bond acceptors (Lipinski definition) is 3. The van der Waals surface area contributed by atoms with Crippen molar-refractivity contribution in [3.05, 3.63) is 29.3 Å². The van der Waals surface area contributed by atoms with Gasteiger partial charge in [-0.3, -0.25) is 0 Å². The van der Waals surface area contributed by atoms with Crippen molar-refractivity contribution in [2.24, 2.45) is 0 Å². The summed E-state index contributed by atoms with van der Waals surface area (Å²) >= 11 is 0. The Morgan fingerprint density at radius 1 is 1.43 bits per heavy atom. The maximum absolute atomic E-state index is 12.6. The summed E-state index contributed by atoms with van der Waals surface area (Å²) in [5, 5.41) is 3.11. The van der Waals surface area contributed by atoms with Crippen molar-refractivity contribution in [3.8, 4) is 5.75 Å². The number of nitrogens with one attached hydrogen (secondary N) is 1. The van der Waals surface area contributed by atoms with E-state index >= 15 is 0 Å². The van der Waals surface area contributed by atoms with Gasteiger partial charge in [-0.2, -0.15) is 0 Å². The van der Waals surface area contributed by atoms with E-state index in [-0.39, 0.29) is 17.7 Å². The molecule has 1 saturated heterocycles. The Bertz CT molecular complexity index is 584. The fourth-order valence-corrected chi connectivity index (χ4v) is 3.44. The Morgan fingerprint density at radius 3 is 2.87 bits per heavy atom. The summed E-state index contributed by atoms with van der Waals surface area (Å²) in [6.45, 7) is 6.03. The monoisotopic (exact) mass is 318 g/mol. The number of rotatable bonds is 3. The molecule has 1 heterocycles. The molecule has 5 heteroatoms. The van der Waals surface area contributed by atoms with Crippen LogP contribution in [-0.2, 0) is 4.74 Å². The van der Waals surface area contributed by atoms with E-state index in [0.717, 1.165) is 29.7 Å². The van der Waals surface area contributed by atoms with E-state index in [2.05, 4.69) is 11.4 Å². The van der Waals surface area contributed by atoms with E-state index in [1.807, 2.05) is 30.9 Å². The van der Waals surface area contributed by atoms with Crippen molar-refractivity contribution in [1.82, 2.24) is 10.2 Å². The molecule has 1 N–H and O–H groups in total. The van der Waals surface area contributed by atoms with Gasteiger partial charge in [0, 0.05) is 12.1 Å². The molecule has 3 rings (SSSR count). The average Bonchev–Trinajstić information content (AvgIpc) is 2.53. The molecule has 1 saturated carbocycles. The van der Waals surface area contributed by atoms with E-state index in [1.54, 1.807) is 7.11 Å². The van der Waals surface area contributed by atoms with Crippen LogP contribution in [0.2, 0.25) is 0 Å². The maximum Gasteiger partial charge on any atom is 0.318 e. The van der Waals surface area contributed by atoms with Crippen LogP contribution in [-0.4, -0.2) is 43.3 Å². The zero-order chi connectivity index (χ0) is 16.4. The molecule has 2 fully saturated rings. The number of nitrogens with zero attached hydrogens (tertiary/aromatic N) is 1. The highest BCUT2D eigenvalue weighted by Crippen LogP contribution is 2.38. The smallest absolute Gasteiger partial charge is 0.318 e. The summed E-state index contributed by atoms with van der Waals surface area (Å²) in [5.74, 6) is 0.806. The lowest BCUT2D eigenvalue weighted by Crippen LogP contribution is -2.58. The quantitative estimate of drug-likeness (QED) is 0.932. The van der Waals surface area contributed by atoms with Crippen molar-refractivity contribution in [2.75, 3.05) is 26.8 Å². The first-order valence-corrected chi connectivity index (χ1v) is 8.37. The zero-order valence-electron chi connectivity index (χ0n) is 14.2. The van der Waals surface area contributed by atoms with Gasteiger partial charge < -0.3 is 19.7 Å². The van der Waals surface area contributed by atoms with Crippen LogP contribution in [0.4, 0.5) is 4.79 Å². The molecule has 1 aromatic carbocycles. The molecule has 0 unspecified atom stereocenters. The number of ether oxygens (including phenoxy) is 2. The summed E-state index contributed by atoms with van der Waals surface area (Å²) in [4.78, 5) is 14.5. The molecule has 1 atom stereocenters. The summed E-state index contributed by atoms with van der Waals surface area (Å²) in [6.07, 6.45) is 3.34. The predicted octanol–water partition coefficient (Wildman–Crippen LogP) is 3.03. The lowest BCUT2D eigenvalue weighted by atomic mass is 9.79. The fourth-order valence-electron chi connectivity index (χ4n) is 3.44. The van der Waals surface area contributed by atoms with E-state index < -0.39 is 0 Å². The average molecular weight is 318 g/mol. The van der Waals surface area contributed by atoms with Crippen molar-refractivity contribution in [2.45, 2.75) is 44.8 Å². The van der Waals surface area contributed by atoms with Crippen LogP contribution < -0.4 is 10.1 Å². The number of urea groups is 1. The van der Waals surface area contributed by atoms with Crippen LogP contribution in [0.3, 0.4) is 0 Å². The summed E-state index contributed by atoms with van der Waals surface area (Å²) in [7, 11) is 1.66. The third-order valence-electron chi connectivity index (χ3n) is 4.99. The molecule has 1 aliphatic heterocycles. The van der Waals surface area contributed by atoms with Crippen molar-refractivity contribution in [3.63, 3.8) is 0 Å². The Hall–Kier alpha value is -1.75. The van der Waals surface area contributed by atoms with Crippen LogP contribution in [0.1, 0.15) is 43.4 Å². The van der Waals surface area contributed by atoms with E-state index in [9.17, 15) is 4.79 Å². The third kappa shape index (κ3) is 3.29. The summed E-state index contributed by atoms with van der Waals surface area (Å²) < 4.78 is 11.3. The first kappa shape index (κ1) is 16.1. The molecule has 1 aliphatic carbocycles. The highest BCUT2D eigenvalue weighted by Gasteiger charge is 2.43. The number of hydrogen-bond donors (Lipinski definition) is 1. The number of carbonyl (C=O) groups is 1. The van der Waals surface area contributed by atoms with Gasteiger partial charge in [-0.25, -0.2) is 4.79 Å². The van der Waals surface area contributed by atoms with Crippen LogP contribution in [0.15, 0.2) is 18.2 Å². The molecule has 0 radical (unpaired) electrons.